The van der Waals surface area contributed by atoms with Crippen molar-refractivity contribution < 1.29 is 4.92 Å². The highest BCUT2D eigenvalue weighted by molar-refractivity contribution is 5.70. The SMILES string of the molecule is Cc1cccc(CN(C)c2ccc([N+](=O)[O-])cc2N)n1. The smallest absolute Gasteiger partial charge is 0.271 e. The molecule has 2 N–H and O–H groups in total. The van der Waals surface area contributed by atoms with Gasteiger partial charge in [0.25, 0.3) is 5.69 Å². The first-order valence-corrected chi connectivity index (χ1v) is 6.15. The summed E-state index contributed by atoms with van der Waals surface area (Å²) < 4.78 is 0. The summed E-state index contributed by atoms with van der Waals surface area (Å²) >= 11 is 0. The Morgan fingerprint density at radius 1 is 1.35 bits per heavy atom. The van der Waals surface area contributed by atoms with Crippen molar-refractivity contribution in [1.82, 2.24) is 4.98 Å². The molecule has 6 heteroatoms. The van der Waals surface area contributed by atoms with Crippen molar-refractivity contribution in [3.63, 3.8) is 0 Å². The lowest BCUT2D eigenvalue weighted by atomic mass is 10.2. The molecule has 20 heavy (non-hydrogen) atoms. The molecule has 1 heterocycles. The standard InChI is InChI=1S/C14H16N4O2/c1-10-4-3-5-11(16-10)9-17(2)14-7-6-12(18(19)20)8-13(14)15/h3-8H,9,15H2,1-2H3. The number of nitrogens with two attached hydrogens (primary N) is 1. The topological polar surface area (TPSA) is 85.3 Å². The van der Waals surface area contributed by atoms with E-state index >= 15 is 0 Å². The predicted molar refractivity (Wildman–Crippen MR) is 78.6 cm³/mol. The van der Waals surface area contributed by atoms with E-state index in [1.165, 1.54) is 12.1 Å². The van der Waals surface area contributed by atoms with Crippen LogP contribution in [-0.4, -0.2) is 17.0 Å². The van der Waals surface area contributed by atoms with Crippen LogP contribution < -0.4 is 10.6 Å². The third-order valence-electron chi connectivity index (χ3n) is 2.98. The predicted octanol–water partition coefficient (Wildman–Crippen LogP) is 2.52. The molecule has 0 aliphatic heterocycles. The summed E-state index contributed by atoms with van der Waals surface area (Å²) in [6.07, 6.45) is 0. The third kappa shape index (κ3) is 3.03. The number of aryl methyl sites for hydroxylation is 1. The summed E-state index contributed by atoms with van der Waals surface area (Å²) in [5.41, 5.74) is 8.88. The van der Waals surface area contributed by atoms with E-state index in [4.69, 9.17) is 5.73 Å². The Morgan fingerprint density at radius 2 is 2.10 bits per heavy atom. The molecule has 1 aromatic heterocycles. The molecule has 1 aromatic carbocycles. The number of nitrogen functional groups attached to an aromatic ring is 1. The summed E-state index contributed by atoms with van der Waals surface area (Å²) in [5, 5.41) is 10.7. The quantitative estimate of drug-likeness (QED) is 0.525. The van der Waals surface area contributed by atoms with Gasteiger partial charge in [-0.1, -0.05) is 6.07 Å². The second-order valence-corrected chi connectivity index (χ2v) is 4.63. The Labute approximate surface area is 117 Å². The minimum absolute atomic E-state index is 0.00618. The van der Waals surface area contributed by atoms with Gasteiger partial charge in [-0.25, -0.2) is 0 Å². The molecule has 6 nitrogen and oxygen atoms in total. The van der Waals surface area contributed by atoms with Crippen molar-refractivity contribution in [2.45, 2.75) is 13.5 Å². The highest BCUT2D eigenvalue weighted by atomic mass is 16.6. The van der Waals surface area contributed by atoms with Crippen molar-refractivity contribution in [3.05, 3.63) is 57.9 Å². The average molecular weight is 272 g/mol. The zero-order valence-corrected chi connectivity index (χ0v) is 11.4. The Morgan fingerprint density at radius 3 is 2.70 bits per heavy atom. The molecule has 0 spiro atoms. The number of nitrogens with zero attached hydrogens (tertiary/aromatic N) is 3. The van der Waals surface area contributed by atoms with Gasteiger partial charge >= 0.3 is 0 Å². The second-order valence-electron chi connectivity index (χ2n) is 4.63. The van der Waals surface area contributed by atoms with E-state index in [1.807, 2.05) is 37.1 Å². The van der Waals surface area contributed by atoms with Gasteiger partial charge in [0.1, 0.15) is 0 Å². The number of nitro groups is 1. The molecule has 104 valence electrons. The lowest BCUT2D eigenvalue weighted by molar-refractivity contribution is -0.384. The van der Waals surface area contributed by atoms with Gasteiger partial charge in [0.05, 0.1) is 28.5 Å². The van der Waals surface area contributed by atoms with Gasteiger partial charge in [-0.05, 0) is 25.1 Å². The average Bonchev–Trinajstić information content (AvgIpc) is 2.38. The number of benzene rings is 1. The Bertz CT molecular complexity index is 643. The van der Waals surface area contributed by atoms with Crippen LogP contribution in [-0.2, 0) is 6.54 Å². The van der Waals surface area contributed by atoms with Gasteiger partial charge in [-0.15, -0.1) is 0 Å². The number of hydrogen-bond donors (Lipinski definition) is 1. The van der Waals surface area contributed by atoms with Crippen molar-refractivity contribution in [2.24, 2.45) is 0 Å². The maximum atomic E-state index is 10.7. The van der Waals surface area contributed by atoms with E-state index in [9.17, 15) is 10.1 Å². The van der Waals surface area contributed by atoms with Crippen molar-refractivity contribution in [3.8, 4) is 0 Å². The number of pyridine rings is 1. The number of anilines is 2. The van der Waals surface area contributed by atoms with Crippen molar-refractivity contribution >= 4 is 17.1 Å². The van der Waals surface area contributed by atoms with E-state index in [-0.39, 0.29) is 5.69 Å². The lowest BCUT2D eigenvalue weighted by Crippen LogP contribution is -2.18. The molecule has 0 unspecified atom stereocenters. The first-order chi connectivity index (χ1) is 9.47. The molecule has 2 aromatic rings. The molecule has 0 atom stereocenters. The summed E-state index contributed by atoms with van der Waals surface area (Å²) in [6, 6.07) is 10.3. The van der Waals surface area contributed by atoms with Crippen LogP contribution >= 0.6 is 0 Å². The molecular formula is C14H16N4O2. The van der Waals surface area contributed by atoms with Crippen LogP contribution in [0.3, 0.4) is 0 Å². The number of hydrogen-bond acceptors (Lipinski definition) is 5. The number of rotatable bonds is 4. The molecule has 0 bridgehead atoms. The summed E-state index contributed by atoms with van der Waals surface area (Å²) in [7, 11) is 1.88. The minimum Gasteiger partial charge on any atom is -0.397 e. The van der Waals surface area contributed by atoms with Crippen molar-refractivity contribution in [2.75, 3.05) is 17.7 Å². The van der Waals surface area contributed by atoms with Gasteiger partial charge in [-0.3, -0.25) is 15.1 Å². The van der Waals surface area contributed by atoms with Crippen LogP contribution in [0.5, 0.6) is 0 Å². The van der Waals surface area contributed by atoms with Crippen LogP contribution in [0, 0.1) is 17.0 Å². The highest BCUT2D eigenvalue weighted by Crippen LogP contribution is 2.27. The number of aromatic nitrogens is 1. The van der Waals surface area contributed by atoms with E-state index in [0.717, 1.165) is 17.1 Å². The molecule has 0 aliphatic rings. The Balaban J connectivity index is 2.21. The zero-order valence-electron chi connectivity index (χ0n) is 11.4. The first-order valence-electron chi connectivity index (χ1n) is 6.15. The lowest BCUT2D eigenvalue weighted by Gasteiger charge is -2.20. The van der Waals surface area contributed by atoms with E-state index < -0.39 is 4.92 Å². The molecule has 0 saturated heterocycles. The largest absolute Gasteiger partial charge is 0.397 e. The van der Waals surface area contributed by atoms with E-state index in [1.54, 1.807) is 6.07 Å². The monoisotopic (exact) mass is 272 g/mol. The van der Waals surface area contributed by atoms with Crippen LogP contribution in [0.2, 0.25) is 0 Å². The van der Waals surface area contributed by atoms with Crippen LogP contribution in [0.25, 0.3) is 0 Å². The van der Waals surface area contributed by atoms with Crippen LogP contribution in [0.4, 0.5) is 17.1 Å². The normalized spacial score (nSPS) is 10.3. The minimum atomic E-state index is -0.456. The second kappa shape index (κ2) is 5.56. The third-order valence-corrected chi connectivity index (χ3v) is 2.98. The fourth-order valence-electron chi connectivity index (χ4n) is 2.02. The van der Waals surface area contributed by atoms with Crippen molar-refractivity contribution in [1.29, 1.82) is 0 Å². The van der Waals surface area contributed by atoms with Crippen LogP contribution in [0.1, 0.15) is 11.4 Å². The summed E-state index contributed by atoms with van der Waals surface area (Å²) in [4.78, 5) is 16.6. The van der Waals surface area contributed by atoms with E-state index in [0.29, 0.717) is 12.2 Å². The maximum absolute atomic E-state index is 10.7. The molecule has 0 aliphatic carbocycles. The van der Waals surface area contributed by atoms with E-state index in [2.05, 4.69) is 4.98 Å². The first kappa shape index (κ1) is 13.8. The van der Waals surface area contributed by atoms with Gasteiger partial charge in [-0.2, -0.15) is 0 Å². The number of nitro benzene ring substituents is 1. The van der Waals surface area contributed by atoms with Gasteiger partial charge < -0.3 is 10.6 Å². The molecule has 0 fully saturated rings. The van der Waals surface area contributed by atoms with Gasteiger partial charge in [0.15, 0.2) is 0 Å². The summed E-state index contributed by atoms with van der Waals surface area (Å²) in [6.45, 7) is 2.52. The zero-order chi connectivity index (χ0) is 14.7. The summed E-state index contributed by atoms with van der Waals surface area (Å²) in [5.74, 6) is 0. The van der Waals surface area contributed by atoms with Gasteiger partial charge in [0, 0.05) is 24.9 Å². The molecular weight excluding hydrogens is 256 g/mol. The van der Waals surface area contributed by atoms with Gasteiger partial charge in [0.2, 0.25) is 0 Å². The molecule has 0 amide bonds. The maximum Gasteiger partial charge on any atom is 0.271 e. The molecule has 0 saturated carbocycles. The van der Waals surface area contributed by atoms with Crippen LogP contribution in [0.15, 0.2) is 36.4 Å². The Hall–Kier alpha value is -2.63. The molecule has 2 rings (SSSR count). The molecule has 0 radical (unpaired) electrons. The fourth-order valence-corrected chi connectivity index (χ4v) is 2.02. The fraction of sp³-hybridized carbons (Fsp3) is 0.214. The highest BCUT2D eigenvalue weighted by Gasteiger charge is 2.12. The Kier molecular flexibility index (Phi) is 3.84. The number of non-ortho nitro benzene ring substituents is 1.